The van der Waals surface area contributed by atoms with Crippen molar-refractivity contribution in [2.75, 3.05) is 4.90 Å². The number of benzene rings is 6. The minimum absolute atomic E-state index is 0.306. The molecule has 1 aromatic heterocycles. The highest BCUT2D eigenvalue weighted by molar-refractivity contribution is 7.13. The number of carboxylic acids is 1. The Morgan fingerprint density at radius 3 is 1.66 bits per heavy atom. The molecule has 0 aliphatic rings. The molecule has 0 saturated carbocycles. The molecule has 0 radical (unpaired) electrons. The zero-order valence-electron chi connectivity index (χ0n) is 25.1. The predicted molar refractivity (Wildman–Crippen MR) is 193 cm³/mol. The molecule has 0 unspecified atom stereocenters. The van der Waals surface area contributed by atoms with Crippen LogP contribution in [0.4, 0.5) is 17.1 Å². The molecule has 0 spiro atoms. The molecule has 47 heavy (non-hydrogen) atoms. The maximum atomic E-state index is 11.3. The van der Waals surface area contributed by atoms with Gasteiger partial charge in [-0.05, 0) is 87.3 Å². The summed E-state index contributed by atoms with van der Waals surface area (Å²) in [6.45, 7) is 0. The van der Waals surface area contributed by atoms with Crippen LogP contribution in [0.2, 0.25) is 0 Å². The number of hydrogen-bond donors (Lipinski definition) is 1. The summed E-state index contributed by atoms with van der Waals surface area (Å²) in [5.41, 5.74) is 6.14. The fourth-order valence-electron chi connectivity index (χ4n) is 5.86. The van der Waals surface area contributed by atoms with Crippen molar-refractivity contribution in [2.24, 2.45) is 0 Å². The van der Waals surface area contributed by atoms with Gasteiger partial charge in [0.1, 0.15) is 11.6 Å². The van der Waals surface area contributed by atoms with Crippen LogP contribution >= 0.6 is 11.3 Å². The van der Waals surface area contributed by atoms with E-state index in [-0.39, 0.29) is 5.57 Å². The highest BCUT2D eigenvalue weighted by Crippen LogP contribution is 2.41. The van der Waals surface area contributed by atoms with E-state index in [4.69, 9.17) is 5.26 Å². The van der Waals surface area contributed by atoms with Crippen LogP contribution in [-0.4, -0.2) is 11.1 Å². The molecular weight excluding hydrogens is 597 g/mol. The Balaban J connectivity index is 1.33. The van der Waals surface area contributed by atoms with Gasteiger partial charge in [-0.15, -0.1) is 11.3 Å². The van der Waals surface area contributed by atoms with Crippen molar-refractivity contribution in [3.63, 3.8) is 0 Å². The van der Waals surface area contributed by atoms with Gasteiger partial charge in [-0.2, -0.15) is 5.26 Å². The van der Waals surface area contributed by atoms with E-state index >= 15 is 0 Å². The monoisotopic (exact) mass is 622 g/mol. The number of nitriles is 1. The Morgan fingerprint density at radius 2 is 1.13 bits per heavy atom. The van der Waals surface area contributed by atoms with Crippen molar-refractivity contribution in [1.29, 1.82) is 5.26 Å². The lowest BCUT2D eigenvalue weighted by atomic mass is 9.88. The molecule has 0 aliphatic carbocycles. The SMILES string of the molecule is N#C/C(=C\c1ccc(C#Cc2c3ccccc3c(-c3ccc(N(c4ccccc4)c4ccccc4)cc3)c3ccccc23)s1)C(=O)O. The van der Waals surface area contributed by atoms with Gasteiger partial charge < -0.3 is 10.0 Å². The van der Waals surface area contributed by atoms with Crippen LogP contribution < -0.4 is 4.90 Å². The molecule has 1 heterocycles. The molecule has 0 amide bonds. The summed E-state index contributed by atoms with van der Waals surface area (Å²) in [6, 6.07) is 51.6. The van der Waals surface area contributed by atoms with Gasteiger partial charge in [-0.3, -0.25) is 0 Å². The zero-order valence-corrected chi connectivity index (χ0v) is 25.9. The topological polar surface area (TPSA) is 64.3 Å². The highest BCUT2D eigenvalue weighted by Gasteiger charge is 2.16. The number of carboxylic acid groups (broad SMARTS) is 1. The Hall–Kier alpha value is -6.40. The van der Waals surface area contributed by atoms with E-state index in [0.717, 1.165) is 60.2 Å². The van der Waals surface area contributed by atoms with Crippen LogP contribution in [0, 0.1) is 23.2 Å². The van der Waals surface area contributed by atoms with Gasteiger partial charge >= 0.3 is 5.97 Å². The third kappa shape index (κ3) is 5.88. The third-order valence-electron chi connectivity index (χ3n) is 7.95. The highest BCUT2D eigenvalue weighted by atomic mass is 32.1. The van der Waals surface area contributed by atoms with Crippen LogP contribution in [0.3, 0.4) is 0 Å². The van der Waals surface area contributed by atoms with Crippen molar-refractivity contribution < 1.29 is 9.90 Å². The van der Waals surface area contributed by atoms with Gasteiger partial charge in [0.2, 0.25) is 0 Å². The van der Waals surface area contributed by atoms with E-state index in [2.05, 4.69) is 126 Å². The van der Waals surface area contributed by atoms with E-state index in [9.17, 15) is 9.90 Å². The molecule has 0 atom stereocenters. The Morgan fingerprint density at radius 1 is 0.617 bits per heavy atom. The molecule has 0 bridgehead atoms. The first kappa shape index (κ1) is 29.3. The molecule has 0 aliphatic heterocycles. The molecule has 222 valence electrons. The van der Waals surface area contributed by atoms with Crippen molar-refractivity contribution in [3.8, 4) is 29.0 Å². The number of rotatable bonds is 6. The minimum Gasteiger partial charge on any atom is -0.477 e. The van der Waals surface area contributed by atoms with Crippen LogP contribution in [0.15, 0.2) is 151 Å². The predicted octanol–water partition coefficient (Wildman–Crippen LogP) is 10.6. The molecule has 0 saturated heterocycles. The standard InChI is InChI=1S/C42H26N2O2S/c43-28-30(42(45)46)27-35-24-23-34(47-35)25-26-38-36-15-7-9-17-39(36)41(40-18-10-8-16-37(38)40)29-19-21-33(22-20-29)44(31-11-3-1-4-12-31)32-13-5-2-6-14-32/h1-24,27H,(H,45,46)/b30-27+. The first-order valence-electron chi connectivity index (χ1n) is 15.0. The Bertz CT molecular complexity index is 2300. The van der Waals surface area contributed by atoms with Crippen molar-refractivity contribution in [3.05, 3.63) is 166 Å². The normalized spacial score (nSPS) is 11.1. The van der Waals surface area contributed by atoms with Gasteiger partial charge in [0.25, 0.3) is 0 Å². The number of anilines is 3. The molecular formula is C42H26N2O2S. The van der Waals surface area contributed by atoms with Crippen molar-refractivity contribution in [1.82, 2.24) is 0 Å². The summed E-state index contributed by atoms with van der Waals surface area (Å²) >= 11 is 1.36. The van der Waals surface area contributed by atoms with Crippen LogP contribution in [0.5, 0.6) is 0 Å². The molecule has 7 rings (SSSR count). The van der Waals surface area contributed by atoms with Gasteiger partial charge in [0, 0.05) is 27.5 Å². The van der Waals surface area contributed by atoms with E-state index in [0.29, 0.717) is 4.88 Å². The molecule has 5 heteroatoms. The lowest BCUT2D eigenvalue weighted by Gasteiger charge is -2.25. The lowest BCUT2D eigenvalue weighted by molar-refractivity contribution is -0.132. The average Bonchev–Trinajstić information content (AvgIpc) is 3.57. The molecule has 4 nitrogen and oxygen atoms in total. The van der Waals surface area contributed by atoms with Crippen LogP contribution in [0.1, 0.15) is 15.3 Å². The quantitative estimate of drug-likeness (QED) is 0.0867. The van der Waals surface area contributed by atoms with Crippen molar-refractivity contribution >= 4 is 62.0 Å². The number of thiophene rings is 1. The first-order valence-corrected chi connectivity index (χ1v) is 15.8. The maximum Gasteiger partial charge on any atom is 0.346 e. The molecule has 6 aromatic carbocycles. The second-order valence-corrected chi connectivity index (χ2v) is 11.9. The zero-order chi connectivity index (χ0) is 32.2. The van der Waals surface area contributed by atoms with E-state index in [1.807, 2.05) is 30.3 Å². The van der Waals surface area contributed by atoms with Gasteiger partial charge in [0.05, 0.1) is 4.88 Å². The Labute approximate surface area is 276 Å². The van der Waals surface area contributed by atoms with E-state index in [1.54, 1.807) is 12.1 Å². The maximum absolute atomic E-state index is 11.3. The number of nitrogens with zero attached hydrogens (tertiary/aromatic N) is 2. The summed E-state index contributed by atoms with van der Waals surface area (Å²) in [4.78, 5) is 15.0. The summed E-state index contributed by atoms with van der Waals surface area (Å²) in [7, 11) is 0. The van der Waals surface area contributed by atoms with Crippen molar-refractivity contribution in [2.45, 2.75) is 0 Å². The molecule has 7 aromatic rings. The van der Waals surface area contributed by atoms with E-state index in [1.165, 1.54) is 17.4 Å². The summed E-state index contributed by atoms with van der Waals surface area (Å²) < 4.78 is 0. The number of para-hydroxylation sites is 2. The van der Waals surface area contributed by atoms with E-state index < -0.39 is 5.97 Å². The van der Waals surface area contributed by atoms with Crippen LogP contribution in [-0.2, 0) is 4.79 Å². The van der Waals surface area contributed by atoms with Crippen LogP contribution in [0.25, 0.3) is 38.7 Å². The summed E-state index contributed by atoms with van der Waals surface area (Å²) in [5.74, 6) is 5.50. The minimum atomic E-state index is -1.24. The average molecular weight is 623 g/mol. The lowest BCUT2D eigenvalue weighted by Crippen LogP contribution is -2.09. The molecule has 1 N–H and O–H groups in total. The number of fused-ring (bicyclic) bond motifs is 2. The second kappa shape index (κ2) is 12.9. The fourth-order valence-corrected chi connectivity index (χ4v) is 6.66. The smallest absolute Gasteiger partial charge is 0.346 e. The van der Waals surface area contributed by atoms with Gasteiger partial charge in [0.15, 0.2) is 0 Å². The van der Waals surface area contributed by atoms with Gasteiger partial charge in [-0.1, -0.05) is 109 Å². The third-order valence-corrected chi connectivity index (χ3v) is 8.90. The summed E-state index contributed by atoms with van der Waals surface area (Å²) in [6.07, 6.45) is 1.38. The number of carbonyl (C=O) groups is 1. The molecule has 0 fully saturated rings. The summed E-state index contributed by atoms with van der Waals surface area (Å²) in [5, 5.41) is 22.7. The number of aliphatic carboxylic acids is 1. The van der Waals surface area contributed by atoms with Gasteiger partial charge in [-0.25, -0.2) is 4.79 Å². The number of hydrogen-bond acceptors (Lipinski definition) is 4. The second-order valence-electron chi connectivity index (χ2n) is 10.8. The first-order chi connectivity index (χ1) is 23.1. The Kier molecular flexibility index (Phi) is 8.05. The largest absolute Gasteiger partial charge is 0.477 e. The fraction of sp³-hybridized carbons (Fsp3) is 0.